The Labute approximate surface area is 139 Å². The lowest BCUT2D eigenvalue weighted by Crippen LogP contribution is -2.11. The van der Waals surface area contributed by atoms with Crippen LogP contribution in [-0.2, 0) is 0 Å². The molecule has 0 aliphatic heterocycles. The third kappa shape index (κ3) is 3.19. The van der Waals surface area contributed by atoms with Crippen LogP contribution in [0.1, 0.15) is 28.4 Å². The second-order valence-electron chi connectivity index (χ2n) is 5.31. The van der Waals surface area contributed by atoms with Gasteiger partial charge in [-0.2, -0.15) is 0 Å². The maximum atomic E-state index is 12.4. The van der Waals surface area contributed by atoms with Crippen molar-refractivity contribution in [2.24, 2.45) is 0 Å². The van der Waals surface area contributed by atoms with Crippen LogP contribution in [0.5, 0.6) is 5.75 Å². The first-order valence-electron chi connectivity index (χ1n) is 7.49. The molecule has 118 valence electrons. The van der Waals surface area contributed by atoms with Gasteiger partial charge in [0, 0.05) is 5.56 Å². The summed E-state index contributed by atoms with van der Waals surface area (Å²) in [5.41, 5.74) is 3.79. The second-order valence-corrected chi connectivity index (χ2v) is 6.31. The number of hydrogen-bond donors (Lipinski definition) is 1. The summed E-state index contributed by atoms with van der Waals surface area (Å²) in [6.45, 7) is 6.57. The zero-order chi connectivity index (χ0) is 16.4. The van der Waals surface area contributed by atoms with Gasteiger partial charge in [0.15, 0.2) is 5.13 Å². The summed E-state index contributed by atoms with van der Waals surface area (Å²) in [6.07, 6.45) is 0. The van der Waals surface area contributed by atoms with Crippen LogP contribution in [0.4, 0.5) is 5.13 Å². The van der Waals surface area contributed by atoms with E-state index in [9.17, 15) is 4.79 Å². The molecule has 0 aliphatic rings. The molecule has 1 N–H and O–H groups in total. The number of carbonyl (C=O) groups is 1. The van der Waals surface area contributed by atoms with Crippen molar-refractivity contribution in [2.45, 2.75) is 20.8 Å². The number of benzene rings is 2. The van der Waals surface area contributed by atoms with E-state index in [4.69, 9.17) is 4.74 Å². The van der Waals surface area contributed by atoms with E-state index in [2.05, 4.69) is 29.4 Å². The predicted molar refractivity (Wildman–Crippen MR) is 94.7 cm³/mol. The summed E-state index contributed by atoms with van der Waals surface area (Å²) >= 11 is 1.50. The number of nitrogens with zero attached hydrogens (tertiary/aromatic N) is 1. The Balaban J connectivity index is 1.87. The first kappa shape index (κ1) is 15.5. The minimum Gasteiger partial charge on any atom is -0.494 e. The van der Waals surface area contributed by atoms with Gasteiger partial charge in [0.05, 0.1) is 16.8 Å². The molecule has 0 fully saturated rings. The number of aromatic nitrogens is 1. The lowest BCUT2D eigenvalue weighted by Gasteiger charge is -2.05. The van der Waals surface area contributed by atoms with Gasteiger partial charge in [-0.25, -0.2) is 4.98 Å². The van der Waals surface area contributed by atoms with Crippen LogP contribution in [0.15, 0.2) is 36.4 Å². The highest BCUT2D eigenvalue weighted by Gasteiger charge is 2.12. The Morgan fingerprint density at radius 1 is 1.22 bits per heavy atom. The fraction of sp³-hybridized carbons (Fsp3) is 0.222. The van der Waals surface area contributed by atoms with E-state index in [0.29, 0.717) is 23.1 Å². The maximum Gasteiger partial charge on any atom is 0.257 e. The molecule has 23 heavy (non-hydrogen) atoms. The molecule has 3 rings (SSSR count). The van der Waals surface area contributed by atoms with Crippen molar-refractivity contribution < 1.29 is 9.53 Å². The van der Waals surface area contributed by atoms with Crippen molar-refractivity contribution in [3.8, 4) is 5.75 Å². The van der Waals surface area contributed by atoms with Crippen LogP contribution in [0, 0.1) is 13.8 Å². The molecule has 1 heterocycles. The molecule has 5 heteroatoms. The molecule has 4 nitrogen and oxygen atoms in total. The zero-order valence-corrected chi connectivity index (χ0v) is 14.2. The van der Waals surface area contributed by atoms with E-state index in [1.807, 2.05) is 26.0 Å². The van der Waals surface area contributed by atoms with Crippen molar-refractivity contribution in [2.75, 3.05) is 11.9 Å². The van der Waals surface area contributed by atoms with Gasteiger partial charge < -0.3 is 4.74 Å². The van der Waals surface area contributed by atoms with Crippen LogP contribution in [0.3, 0.4) is 0 Å². The molecule has 3 aromatic rings. The highest BCUT2D eigenvalue weighted by atomic mass is 32.1. The van der Waals surface area contributed by atoms with Gasteiger partial charge in [-0.3, -0.25) is 10.1 Å². The Kier molecular flexibility index (Phi) is 4.30. The van der Waals surface area contributed by atoms with E-state index >= 15 is 0 Å². The molecule has 1 aromatic heterocycles. The number of aryl methyl sites for hydroxylation is 2. The zero-order valence-electron chi connectivity index (χ0n) is 13.3. The van der Waals surface area contributed by atoms with Gasteiger partial charge in [0.25, 0.3) is 5.91 Å². The van der Waals surface area contributed by atoms with Gasteiger partial charge in [-0.05, 0) is 50.1 Å². The van der Waals surface area contributed by atoms with Crippen LogP contribution >= 0.6 is 11.3 Å². The predicted octanol–water partition coefficient (Wildman–Crippen LogP) is 4.56. The SMILES string of the molecule is CCOc1cccc(C(=O)Nc2nc3c(C)ccc(C)c3s2)c1. The number of rotatable bonds is 4. The number of amides is 1. The van der Waals surface area contributed by atoms with Gasteiger partial charge in [-0.15, -0.1) is 0 Å². The van der Waals surface area contributed by atoms with Crippen LogP contribution in [-0.4, -0.2) is 17.5 Å². The number of anilines is 1. The normalized spacial score (nSPS) is 10.7. The molecule has 1 amide bonds. The minimum absolute atomic E-state index is 0.180. The van der Waals surface area contributed by atoms with Crippen LogP contribution < -0.4 is 10.1 Å². The largest absolute Gasteiger partial charge is 0.494 e. The van der Waals surface area contributed by atoms with E-state index in [1.54, 1.807) is 12.1 Å². The molecular weight excluding hydrogens is 308 g/mol. The first-order chi connectivity index (χ1) is 11.1. The maximum absolute atomic E-state index is 12.4. The van der Waals surface area contributed by atoms with Crippen molar-refractivity contribution >= 4 is 32.6 Å². The van der Waals surface area contributed by atoms with E-state index < -0.39 is 0 Å². The van der Waals surface area contributed by atoms with Gasteiger partial charge in [0.2, 0.25) is 0 Å². The molecule has 2 aromatic carbocycles. The lowest BCUT2D eigenvalue weighted by molar-refractivity contribution is 0.102. The Hall–Kier alpha value is -2.40. The number of carbonyl (C=O) groups excluding carboxylic acids is 1. The number of ether oxygens (including phenoxy) is 1. The molecule has 0 aliphatic carbocycles. The average Bonchev–Trinajstić information content (AvgIpc) is 2.97. The summed E-state index contributed by atoms with van der Waals surface area (Å²) in [7, 11) is 0. The first-order valence-corrected chi connectivity index (χ1v) is 8.31. The van der Waals surface area contributed by atoms with Crippen LogP contribution in [0.25, 0.3) is 10.2 Å². The fourth-order valence-corrected chi connectivity index (χ4v) is 3.38. The topological polar surface area (TPSA) is 51.2 Å². The van der Waals surface area contributed by atoms with Gasteiger partial charge in [-0.1, -0.05) is 29.5 Å². The third-order valence-corrected chi connectivity index (χ3v) is 4.68. The third-order valence-electron chi connectivity index (χ3n) is 3.57. The highest BCUT2D eigenvalue weighted by molar-refractivity contribution is 7.22. The Morgan fingerprint density at radius 2 is 2.00 bits per heavy atom. The van der Waals surface area contributed by atoms with Crippen molar-refractivity contribution in [1.29, 1.82) is 0 Å². The smallest absolute Gasteiger partial charge is 0.257 e. The number of thiazole rings is 1. The van der Waals surface area contributed by atoms with E-state index in [-0.39, 0.29) is 5.91 Å². The molecule has 0 saturated carbocycles. The summed E-state index contributed by atoms with van der Waals surface area (Å²) < 4.78 is 6.55. The average molecular weight is 326 g/mol. The van der Waals surface area contributed by atoms with Crippen molar-refractivity contribution in [1.82, 2.24) is 4.98 Å². The summed E-state index contributed by atoms with van der Waals surface area (Å²) in [6, 6.07) is 11.3. The minimum atomic E-state index is -0.180. The molecule has 0 atom stereocenters. The summed E-state index contributed by atoms with van der Waals surface area (Å²) in [5.74, 6) is 0.511. The standard InChI is InChI=1S/C18H18N2O2S/c1-4-22-14-7-5-6-13(10-14)17(21)20-18-19-15-11(2)8-9-12(3)16(15)23-18/h5-10H,4H2,1-3H3,(H,19,20,21). The number of fused-ring (bicyclic) bond motifs is 1. The quantitative estimate of drug-likeness (QED) is 0.764. The van der Waals surface area contributed by atoms with Gasteiger partial charge in [0.1, 0.15) is 5.75 Å². The number of hydrogen-bond acceptors (Lipinski definition) is 4. The molecular formula is C18H18N2O2S. The highest BCUT2D eigenvalue weighted by Crippen LogP contribution is 2.31. The van der Waals surface area contributed by atoms with E-state index in [0.717, 1.165) is 15.8 Å². The summed E-state index contributed by atoms with van der Waals surface area (Å²) in [5, 5.41) is 3.50. The van der Waals surface area contributed by atoms with E-state index in [1.165, 1.54) is 16.9 Å². The summed E-state index contributed by atoms with van der Waals surface area (Å²) in [4.78, 5) is 17.0. The molecule has 0 saturated heterocycles. The number of nitrogens with one attached hydrogen (secondary N) is 1. The molecule has 0 unspecified atom stereocenters. The van der Waals surface area contributed by atoms with Crippen molar-refractivity contribution in [3.63, 3.8) is 0 Å². The molecule has 0 radical (unpaired) electrons. The Bertz CT molecular complexity index is 832. The van der Waals surface area contributed by atoms with Gasteiger partial charge >= 0.3 is 0 Å². The second kappa shape index (κ2) is 6.38. The Morgan fingerprint density at radius 3 is 2.74 bits per heavy atom. The molecule has 0 bridgehead atoms. The van der Waals surface area contributed by atoms with Crippen molar-refractivity contribution in [3.05, 3.63) is 53.1 Å². The monoisotopic (exact) mass is 326 g/mol. The fourth-order valence-electron chi connectivity index (χ4n) is 2.38. The lowest BCUT2D eigenvalue weighted by atomic mass is 10.1. The molecule has 0 spiro atoms. The van der Waals surface area contributed by atoms with Crippen LogP contribution in [0.2, 0.25) is 0 Å².